The van der Waals surface area contributed by atoms with Crippen molar-refractivity contribution in [2.75, 3.05) is 5.32 Å². The van der Waals surface area contributed by atoms with Crippen molar-refractivity contribution < 1.29 is 0 Å². The van der Waals surface area contributed by atoms with E-state index < -0.39 is 0 Å². The van der Waals surface area contributed by atoms with Crippen molar-refractivity contribution in [2.45, 2.75) is 6.92 Å². The average molecular weight is 361 g/mol. The molecule has 1 heteroatoms. The number of hydrogen-bond acceptors (Lipinski definition) is 1. The van der Waals surface area contributed by atoms with Gasteiger partial charge in [0, 0.05) is 16.9 Å². The Morgan fingerprint density at radius 2 is 1.29 bits per heavy atom. The van der Waals surface area contributed by atoms with Gasteiger partial charge in [0.25, 0.3) is 0 Å². The van der Waals surface area contributed by atoms with Gasteiger partial charge in [0.05, 0.1) is 0 Å². The molecule has 0 saturated carbocycles. The van der Waals surface area contributed by atoms with Crippen molar-refractivity contribution >= 4 is 23.5 Å². The molecule has 136 valence electrons. The van der Waals surface area contributed by atoms with Gasteiger partial charge in [0.2, 0.25) is 0 Å². The second-order valence-corrected chi connectivity index (χ2v) is 6.87. The van der Waals surface area contributed by atoms with Crippen LogP contribution in [-0.2, 0) is 0 Å². The zero-order valence-electron chi connectivity index (χ0n) is 16.0. The molecule has 4 aromatic carbocycles. The topological polar surface area (TPSA) is 12.0 Å². The molecule has 4 aromatic rings. The van der Waals surface area contributed by atoms with E-state index in [4.69, 9.17) is 0 Å². The lowest BCUT2D eigenvalue weighted by Crippen LogP contribution is -1.95. The minimum absolute atomic E-state index is 1.09. The zero-order chi connectivity index (χ0) is 19.2. The molecule has 0 bridgehead atoms. The lowest BCUT2D eigenvalue weighted by atomic mass is 9.97. The third-order valence-electron chi connectivity index (χ3n) is 4.76. The Morgan fingerprint density at radius 3 is 2.00 bits per heavy atom. The van der Waals surface area contributed by atoms with Crippen LogP contribution in [0.15, 0.2) is 103 Å². The quantitative estimate of drug-likeness (QED) is 0.361. The van der Waals surface area contributed by atoms with Gasteiger partial charge in [-0.1, -0.05) is 103 Å². The van der Waals surface area contributed by atoms with E-state index in [2.05, 4.69) is 121 Å². The normalized spacial score (nSPS) is 10.9. The summed E-state index contributed by atoms with van der Waals surface area (Å²) in [6.07, 6.45) is 4.37. The third kappa shape index (κ3) is 4.21. The minimum atomic E-state index is 1.09. The van der Waals surface area contributed by atoms with Crippen LogP contribution in [0.2, 0.25) is 0 Å². The van der Waals surface area contributed by atoms with Gasteiger partial charge in [-0.2, -0.15) is 0 Å². The first-order chi connectivity index (χ1) is 13.8. The fraction of sp³-hybridized carbons (Fsp3) is 0.0370. The fourth-order valence-corrected chi connectivity index (χ4v) is 3.26. The van der Waals surface area contributed by atoms with E-state index in [1.54, 1.807) is 0 Å². The van der Waals surface area contributed by atoms with Crippen LogP contribution in [0.25, 0.3) is 23.3 Å². The van der Waals surface area contributed by atoms with Crippen molar-refractivity contribution in [2.24, 2.45) is 0 Å². The Bertz CT molecular complexity index is 1060. The van der Waals surface area contributed by atoms with Gasteiger partial charge in [-0.25, -0.2) is 0 Å². The average Bonchev–Trinajstić information content (AvgIpc) is 2.75. The van der Waals surface area contributed by atoms with E-state index in [1.807, 2.05) is 6.07 Å². The van der Waals surface area contributed by atoms with Crippen LogP contribution < -0.4 is 5.32 Å². The van der Waals surface area contributed by atoms with Crippen LogP contribution in [0.1, 0.15) is 16.7 Å². The largest absolute Gasteiger partial charge is 0.355 e. The molecule has 0 aliphatic rings. The molecule has 4 rings (SSSR count). The Kier molecular flexibility index (Phi) is 5.35. The molecular formula is C27H23N. The Hall–Kier alpha value is -3.58. The van der Waals surface area contributed by atoms with Crippen molar-refractivity contribution in [1.29, 1.82) is 0 Å². The summed E-state index contributed by atoms with van der Waals surface area (Å²) in [5.41, 5.74) is 8.23. The first-order valence-corrected chi connectivity index (χ1v) is 9.55. The molecule has 0 atom stereocenters. The lowest BCUT2D eigenvalue weighted by molar-refractivity contribution is 1.45. The highest BCUT2D eigenvalue weighted by atomic mass is 14.9. The first-order valence-electron chi connectivity index (χ1n) is 9.55. The highest BCUT2D eigenvalue weighted by Crippen LogP contribution is 2.32. The maximum Gasteiger partial charge on any atom is 0.0464 e. The smallest absolute Gasteiger partial charge is 0.0464 e. The standard InChI is InChI=1S/C27H23N/c1-21-15-18-24(19-16-21)28-27-14-8-13-25(23-11-6-3-7-12-23)26(27)20-17-22-9-4-2-5-10-22/h2-20,28H,1H3. The van der Waals surface area contributed by atoms with Gasteiger partial charge in [-0.15, -0.1) is 0 Å². The van der Waals surface area contributed by atoms with Crippen molar-refractivity contribution in [3.8, 4) is 11.1 Å². The molecule has 0 aromatic heterocycles. The highest BCUT2D eigenvalue weighted by molar-refractivity contribution is 5.88. The second-order valence-electron chi connectivity index (χ2n) is 6.87. The van der Waals surface area contributed by atoms with Crippen LogP contribution in [0, 0.1) is 6.92 Å². The van der Waals surface area contributed by atoms with E-state index in [0.29, 0.717) is 0 Å². The van der Waals surface area contributed by atoms with Gasteiger partial charge in [0.1, 0.15) is 0 Å². The lowest BCUT2D eigenvalue weighted by Gasteiger charge is -2.15. The summed E-state index contributed by atoms with van der Waals surface area (Å²) in [6.45, 7) is 2.10. The van der Waals surface area contributed by atoms with Crippen LogP contribution in [-0.4, -0.2) is 0 Å². The van der Waals surface area contributed by atoms with E-state index >= 15 is 0 Å². The molecule has 0 heterocycles. The Labute approximate surface area is 167 Å². The molecule has 0 unspecified atom stereocenters. The maximum absolute atomic E-state index is 3.59. The van der Waals surface area contributed by atoms with Crippen molar-refractivity contribution in [1.82, 2.24) is 0 Å². The van der Waals surface area contributed by atoms with Gasteiger partial charge in [0.15, 0.2) is 0 Å². The van der Waals surface area contributed by atoms with Crippen molar-refractivity contribution in [3.63, 3.8) is 0 Å². The Morgan fingerprint density at radius 1 is 0.607 bits per heavy atom. The second kappa shape index (κ2) is 8.41. The number of benzene rings is 4. The molecule has 0 saturated heterocycles. The van der Waals surface area contributed by atoms with E-state index in [1.165, 1.54) is 27.8 Å². The maximum atomic E-state index is 3.59. The first kappa shape index (κ1) is 17.8. The van der Waals surface area contributed by atoms with Crippen molar-refractivity contribution in [3.05, 3.63) is 120 Å². The van der Waals surface area contributed by atoms with Crippen LogP contribution in [0.5, 0.6) is 0 Å². The van der Waals surface area contributed by atoms with Gasteiger partial charge < -0.3 is 5.32 Å². The molecule has 0 radical (unpaired) electrons. The van der Waals surface area contributed by atoms with Crippen LogP contribution >= 0.6 is 0 Å². The highest BCUT2D eigenvalue weighted by Gasteiger charge is 2.08. The third-order valence-corrected chi connectivity index (χ3v) is 4.76. The summed E-state index contributed by atoms with van der Waals surface area (Å²) in [5.74, 6) is 0. The molecule has 0 aliphatic heterocycles. The predicted octanol–water partition coefficient (Wildman–Crippen LogP) is 7.58. The number of aryl methyl sites for hydroxylation is 1. The summed E-state index contributed by atoms with van der Waals surface area (Å²) in [5, 5.41) is 3.59. The molecule has 0 aliphatic carbocycles. The molecule has 0 amide bonds. The summed E-state index contributed by atoms with van der Waals surface area (Å²) in [6, 6.07) is 35.9. The number of rotatable bonds is 5. The number of hydrogen-bond donors (Lipinski definition) is 1. The summed E-state index contributed by atoms with van der Waals surface area (Å²) in [4.78, 5) is 0. The molecule has 0 spiro atoms. The minimum Gasteiger partial charge on any atom is -0.355 e. The number of nitrogens with one attached hydrogen (secondary N) is 1. The van der Waals surface area contributed by atoms with Gasteiger partial charge in [-0.05, 0) is 41.8 Å². The SMILES string of the molecule is Cc1ccc(Nc2cccc(-c3ccccc3)c2C=Cc2ccccc2)cc1. The summed E-state index contributed by atoms with van der Waals surface area (Å²) >= 11 is 0. The predicted molar refractivity (Wildman–Crippen MR) is 122 cm³/mol. The van der Waals surface area contributed by atoms with E-state index in [0.717, 1.165) is 11.4 Å². The zero-order valence-corrected chi connectivity index (χ0v) is 16.0. The van der Waals surface area contributed by atoms with Gasteiger partial charge in [-0.3, -0.25) is 0 Å². The van der Waals surface area contributed by atoms with Crippen LogP contribution in [0.4, 0.5) is 11.4 Å². The molecule has 28 heavy (non-hydrogen) atoms. The van der Waals surface area contributed by atoms with E-state index in [-0.39, 0.29) is 0 Å². The molecule has 1 nitrogen and oxygen atoms in total. The fourth-order valence-electron chi connectivity index (χ4n) is 3.26. The van der Waals surface area contributed by atoms with E-state index in [9.17, 15) is 0 Å². The summed E-state index contributed by atoms with van der Waals surface area (Å²) < 4.78 is 0. The molecule has 1 N–H and O–H groups in total. The molecule has 0 fully saturated rings. The number of anilines is 2. The Balaban J connectivity index is 1.78. The monoisotopic (exact) mass is 361 g/mol. The summed E-state index contributed by atoms with van der Waals surface area (Å²) in [7, 11) is 0. The van der Waals surface area contributed by atoms with Crippen LogP contribution in [0.3, 0.4) is 0 Å². The molecular weight excluding hydrogens is 338 g/mol. The van der Waals surface area contributed by atoms with Gasteiger partial charge >= 0.3 is 0 Å².